The fraction of sp³-hybridized carbons (Fsp3) is 0.333. The fourth-order valence-electron chi connectivity index (χ4n) is 4.66. The van der Waals surface area contributed by atoms with Gasteiger partial charge >= 0.3 is 0 Å². The van der Waals surface area contributed by atoms with Crippen LogP contribution in [0.2, 0.25) is 0 Å². The molecule has 0 unspecified atom stereocenters. The van der Waals surface area contributed by atoms with Gasteiger partial charge in [-0.3, -0.25) is 4.79 Å². The van der Waals surface area contributed by atoms with Crippen molar-refractivity contribution in [2.45, 2.75) is 50.3 Å². The largest absolute Gasteiger partial charge is 0.390 e. The number of rotatable bonds is 9. The SMILES string of the molecule is CC(=O)N[C@@H](Cc1cc(F)cc(F)c1)[C@H](O)CN[C@]1(c2cccc(-n3cccn3)c2)C=CCCC1. The Morgan fingerprint density at radius 3 is 2.66 bits per heavy atom. The Morgan fingerprint density at radius 1 is 1.20 bits per heavy atom. The first-order valence-corrected chi connectivity index (χ1v) is 11.8. The summed E-state index contributed by atoms with van der Waals surface area (Å²) in [5, 5.41) is 21.6. The number of nitrogens with one attached hydrogen (secondary N) is 2. The number of hydrogen-bond donors (Lipinski definition) is 3. The number of benzene rings is 2. The molecular weight excluding hydrogens is 450 g/mol. The van der Waals surface area contributed by atoms with Crippen LogP contribution in [0.15, 0.2) is 73.1 Å². The van der Waals surface area contributed by atoms with Crippen LogP contribution in [-0.2, 0) is 16.8 Å². The number of carbonyl (C=O) groups excluding carboxylic acids is 1. The highest BCUT2D eigenvalue weighted by Crippen LogP contribution is 2.33. The van der Waals surface area contributed by atoms with Crippen molar-refractivity contribution < 1.29 is 18.7 Å². The standard InChI is InChI=1S/C27H30F2N4O2/c1-19(34)32-25(15-20-13-22(28)17-23(29)14-20)26(35)18-30-27(9-3-2-4-10-27)21-7-5-8-24(16-21)33-12-6-11-31-33/h3,5-9,11-14,16-17,25-26,30,35H,2,4,10,15,18H2,1H3,(H,32,34)/t25-,26+,27+/m0/s1. The molecule has 4 rings (SSSR count). The third-order valence-corrected chi connectivity index (χ3v) is 6.33. The molecule has 6 nitrogen and oxygen atoms in total. The molecule has 0 aliphatic heterocycles. The van der Waals surface area contributed by atoms with E-state index >= 15 is 0 Å². The van der Waals surface area contributed by atoms with Crippen LogP contribution >= 0.6 is 0 Å². The lowest BCUT2D eigenvalue weighted by molar-refractivity contribution is -0.120. The normalized spacial score (nSPS) is 19.3. The summed E-state index contributed by atoms with van der Waals surface area (Å²) in [7, 11) is 0. The summed E-state index contributed by atoms with van der Waals surface area (Å²) >= 11 is 0. The summed E-state index contributed by atoms with van der Waals surface area (Å²) in [6.45, 7) is 1.52. The van der Waals surface area contributed by atoms with Crippen molar-refractivity contribution in [2.75, 3.05) is 6.54 Å². The molecule has 0 radical (unpaired) electrons. The van der Waals surface area contributed by atoms with E-state index in [2.05, 4.69) is 34.0 Å². The molecule has 3 N–H and O–H groups in total. The number of halogens is 2. The molecular formula is C27H30F2N4O2. The lowest BCUT2D eigenvalue weighted by Gasteiger charge is -2.37. The second-order valence-electron chi connectivity index (χ2n) is 9.00. The Morgan fingerprint density at radius 2 is 2.00 bits per heavy atom. The smallest absolute Gasteiger partial charge is 0.217 e. The first kappa shape index (κ1) is 24.8. The molecule has 0 spiro atoms. The second-order valence-corrected chi connectivity index (χ2v) is 9.00. The van der Waals surface area contributed by atoms with Crippen molar-refractivity contribution in [3.8, 4) is 5.69 Å². The zero-order valence-corrected chi connectivity index (χ0v) is 19.6. The van der Waals surface area contributed by atoms with Gasteiger partial charge in [-0.15, -0.1) is 0 Å². The predicted octanol–water partition coefficient (Wildman–Crippen LogP) is 3.78. The van der Waals surface area contributed by atoms with Gasteiger partial charge in [0.2, 0.25) is 5.91 Å². The first-order chi connectivity index (χ1) is 16.8. The Bertz CT molecular complexity index is 1160. The number of hydrogen-bond acceptors (Lipinski definition) is 4. The summed E-state index contributed by atoms with van der Waals surface area (Å²) in [5.74, 6) is -1.72. The molecule has 0 saturated carbocycles. The van der Waals surface area contributed by atoms with Crippen LogP contribution in [0.25, 0.3) is 5.69 Å². The Kier molecular flexibility index (Phi) is 7.73. The van der Waals surface area contributed by atoms with Crippen LogP contribution in [0.3, 0.4) is 0 Å². The van der Waals surface area contributed by atoms with Crippen molar-refractivity contribution in [1.29, 1.82) is 0 Å². The maximum Gasteiger partial charge on any atom is 0.217 e. The van der Waals surface area contributed by atoms with Crippen molar-refractivity contribution in [3.63, 3.8) is 0 Å². The van der Waals surface area contributed by atoms with Gasteiger partial charge in [-0.25, -0.2) is 13.5 Å². The van der Waals surface area contributed by atoms with E-state index < -0.39 is 29.3 Å². The van der Waals surface area contributed by atoms with E-state index in [-0.39, 0.29) is 18.9 Å². The average Bonchev–Trinajstić information content (AvgIpc) is 3.37. The van der Waals surface area contributed by atoms with E-state index in [4.69, 9.17) is 0 Å². The van der Waals surface area contributed by atoms with Crippen molar-refractivity contribution in [3.05, 3.63) is 95.8 Å². The van der Waals surface area contributed by atoms with Gasteiger partial charge in [-0.1, -0.05) is 24.3 Å². The van der Waals surface area contributed by atoms with Crippen molar-refractivity contribution >= 4 is 5.91 Å². The van der Waals surface area contributed by atoms with Gasteiger partial charge in [-0.05, 0) is 67.1 Å². The average molecular weight is 481 g/mol. The molecule has 1 heterocycles. The molecule has 1 aliphatic carbocycles. The number of carbonyl (C=O) groups is 1. The molecule has 184 valence electrons. The third-order valence-electron chi connectivity index (χ3n) is 6.33. The number of aromatic nitrogens is 2. The molecule has 1 aliphatic rings. The first-order valence-electron chi connectivity index (χ1n) is 11.8. The number of allylic oxidation sites excluding steroid dienone is 1. The van der Waals surface area contributed by atoms with E-state index in [0.29, 0.717) is 5.56 Å². The van der Waals surface area contributed by atoms with Crippen LogP contribution in [0.1, 0.15) is 37.3 Å². The van der Waals surface area contributed by atoms with E-state index in [1.807, 2.05) is 30.5 Å². The zero-order valence-electron chi connectivity index (χ0n) is 19.6. The topological polar surface area (TPSA) is 79.2 Å². The second kappa shape index (κ2) is 10.9. The summed E-state index contributed by atoms with van der Waals surface area (Å²) in [5.41, 5.74) is 1.82. The van der Waals surface area contributed by atoms with Gasteiger partial charge < -0.3 is 15.7 Å². The monoisotopic (exact) mass is 480 g/mol. The quantitative estimate of drug-likeness (QED) is 0.407. The lowest BCUT2D eigenvalue weighted by atomic mass is 9.80. The van der Waals surface area contributed by atoms with Crippen LogP contribution in [0.5, 0.6) is 0 Å². The molecule has 35 heavy (non-hydrogen) atoms. The van der Waals surface area contributed by atoms with Crippen LogP contribution in [0.4, 0.5) is 8.78 Å². The van der Waals surface area contributed by atoms with Gasteiger partial charge in [-0.2, -0.15) is 5.10 Å². The van der Waals surface area contributed by atoms with E-state index in [0.717, 1.165) is 36.6 Å². The number of aliphatic hydroxyl groups is 1. The lowest BCUT2D eigenvalue weighted by Crippen LogP contribution is -2.52. The van der Waals surface area contributed by atoms with Crippen LogP contribution in [0, 0.1) is 11.6 Å². The molecule has 3 atom stereocenters. The minimum absolute atomic E-state index is 0.0920. The minimum Gasteiger partial charge on any atom is -0.390 e. The summed E-state index contributed by atoms with van der Waals surface area (Å²) in [6, 6.07) is 12.4. The molecule has 1 aromatic heterocycles. The number of aliphatic hydroxyl groups excluding tert-OH is 1. The van der Waals surface area contributed by atoms with Gasteiger partial charge in [0, 0.05) is 31.9 Å². The molecule has 2 aromatic carbocycles. The van der Waals surface area contributed by atoms with Gasteiger partial charge in [0.1, 0.15) is 11.6 Å². The number of amides is 1. The van der Waals surface area contributed by atoms with Gasteiger partial charge in [0.15, 0.2) is 0 Å². The fourth-order valence-corrected chi connectivity index (χ4v) is 4.66. The number of nitrogens with zero attached hydrogens (tertiary/aromatic N) is 2. The highest BCUT2D eigenvalue weighted by Gasteiger charge is 2.32. The van der Waals surface area contributed by atoms with E-state index in [1.54, 1.807) is 10.9 Å². The van der Waals surface area contributed by atoms with Gasteiger partial charge in [0.25, 0.3) is 0 Å². The third kappa shape index (κ3) is 6.21. The van der Waals surface area contributed by atoms with Crippen LogP contribution in [-0.4, -0.2) is 39.5 Å². The zero-order chi connectivity index (χ0) is 24.8. The van der Waals surface area contributed by atoms with Crippen molar-refractivity contribution in [1.82, 2.24) is 20.4 Å². The molecule has 1 amide bonds. The Balaban J connectivity index is 1.55. The van der Waals surface area contributed by atoms with Crippen LogP contribution < -0.4 is 10.6 Å². The Labute approximate surface area is 203 Å². The highest BCUT2D eigenvalue weighted by molar-refractivity contribution is 5.73. The summed E-state index contributed by atoms with van der Waals surface area (Å²) in [6.07, 6.45) is 9.75. The maximum atomic E-state index is 13.7. The Hall–Kier alpha value is -3.36. The highest BCUT2D eigenvalue weighted by atomic mass is 19.1. The van der Waals surface area contributed by atoms with Crippen molar-refractivity contribution in [2.24, 2.45) is 0 Å². The van der Waals surface area contributed by atoms with E-state index in [1.165, 1.54) is 19.1 Å². The predicted molar refractivity (Wildman–Crippen MR) is 130 cm³/mol. The molecule has 8 heteroatoms. The molecule has 0 bridgehead atoms. The van der Waals surface area contributed by atoms with Gasteiger partial charge in [0.05, 0.1) is 23.4 Å². The summed E-state index contributed by atoms with van der Waals surface area (Å²) in [4.78, 5) is 11.8. The maximum absolute atomic E-state index is 13.7. The summed E-state index contributed by atoms with van der Waals surface area (Å²) < 4.78 is 29.2. The molecule has 0 fully saturated rings. The molecule has 0 saturated heterocycles. The minimum atomic E-state index is -0.994. The van der Waals surface area contributed by atoms with E-state index in [9.17, 15) is 18.7 Å². The molecule has 3 aromatic rings.